The molecular weight excluding hydrogens is 212 g/mol. The van der Waals surface area contributed by atoms with Crippen molar-refractivity contribution in [3.05, 3.63) is 33.9 Å². The first-order valence-electron chi connectivity index (χ1n) is 4.25. The summed E-state index contributed by atoms with van der Waals surface area (Å²) in [6.45, 7) is -0.202. The summed E-state index contributed by atoms with van der Waals surface area (Å²) < 4.78 is 0. The number of primary amides is 1. The van der Waals surface area contributed by atoms with Crippen molar-refractivity contribution in [3.8, 4) is 6.07 Å². The van der Waals surface area contributed by atoms with Crippen molar-refractivity contribution in [2.45, 2.75) is 0 Å². The van der Waals surface area contributed by atoms with E-state index in [0.29, 0.717) is 0 Å². The maximum absolute atomic E-state index is 10.7. The molecule has 0 aliphatic rings. The second-order valence-corrected chi connectivity index (χ2v) is 2.92. The van der Waals surface area contributed by atoms with Crippen LogP contribution < -0.4 is 11.1 Å². The number of hydrogen-bond donors (Lipinski definition) is 2. The molecule has 3 N–H and O–H groups in total. The lowest BCUT2D eigenvalue weighted by Gasteiger charge is -2.04. The molecule has 0 saturated carbocycles. The van der Waals surface area contributed by atoms with Gasteiger partial charge in [0.25, 0.3) is 5.69 Å². The van der Waals surface area contributed by atoms with Gasteiger partial charge in [-0.1, -0.05) is 0 Å². The smallest absolute Gasteiger partial charge is 0.293 e. The summed E-state index contributed by atoms with van der Waals surface area (Å²) >= 11 is 0. The van der Waals surface area contributed by atoms with E-state index in [0.717, 1.165) is 6.07 Å². The topological polar surface area (TPSA) is 122 Å². The van der Waals surface area contributed by atoms with Crippen LogP contribution in [0.2, 0.25) is 0 Å². The van der Waals surface area contributed by atoms with Crippen LogP contribution in [0.1, 0.15) is 5.56 Å². The zero-order valence-electron chi connectivity index (χ0n) is 8.14. The second-order valence-electron chi connectivity index (χ2n) is 2.92. The number of nitrogens with zero attached hydrogens (tertiary/aromatic N) is 2. The predicted octanol–water partition coefficient (Wildman–Crippen LogP) is 0.364. The molecule has 0 aliphatic heterocycles. The van der Waals surface area contributed by atoms with Crippen molar-refractivity contribution in [3.63, 3.8) is 0 Å². The van der Waals surface area contributed by atoms with Crippen molar-refractivity contribution >= 4 is 17.3 Å². The molecule has 0 fully saturated rings. The third-order valence-electron chi connectivity index (χ3n) is 1.78. The van der Waals surface area contributed by atoms with Crippen molar-refractivity contribution < 1.29 is 9.72 Å². The molecule has 1 aromatic rings. The maximum atomic E-state index is 10.7. The molecule has 0 saturated heterocycles. The first-order chi connectivity index (χ1) is 7.54. The van der Waals surface area contributed by atoms with Gasteiger partial charge < -0.3 is 11.1 Å². The molecule has 0 atom stereocenters. The largest absolute Gasteiger partial charge is 0.371 e. The Morgan fingerprint density at radius 1 is 1.62 bits per heavy atom. The summed E-state index contributed by atoms with van der Waals surface area (Å²) in [6, 6.07) is 5.69. The van der Waals surface area contributed by atoms with Gasteiger partial charge in [0, 0.05) is 6.07 Å². The van der Waals surface area contributed by atoms with Crippen LogP contribution in [0.25, 0.3) is 0 Å². The van der Waals surface area contributed by atoms with E-state index in [4.69, 9.17) is 11.0 Å². The van der Waals surface area contributed by atoms with Gasteiger partial charge in [0.2, 0.25) is 5.91 Å². The highest BCUT2D eigenvalue weighted by molar-refractivity contribution is 5.80. The Bertz CT molecular complexity index is 478. The van der Waals surface area contributed by atoms with E-state index in [-0.39, 0.29) is 23.5 Å². The van der Waals surface area contributed by atoms with E-state index in [2.05, 4.69) is 5.32 Å². The molecule has 0 aliphatic carbocycles. The number of nitro groups is 1. The van der Waals surface area contributed by atoms with E-state index >= 15 is 0 Å². The molecule has 0 bridgehead atoms. The minimum Gasteiger partial charge on any atom is -0.371 e. The highest BCUT2D eigenvalue weighted by Gasteiger charge is 2.14. The summed E-state index contributed by atoms with van der Waals surface area (Å²) in [5.41, 5.74) is 4.97. The molecule has 0 unspecified atom stereocenters. The van der Waals surface area contributed by atoms with Gasteiger partial charge in [-0.15, -0.1) is 0 Å². The predicted molar refractivity (Wildman–Crippen MR) is 55.5 cm³/mol. The quantitative estimate of drug-likeness (QED) is 0.560. The first kappa shape index (κ1) is 11.5. The summed E-state index contributed by atoms with van der Waals surface area (Å²) in [4.78, 5) is 20.6. The summed E-state index contributed by atoms with van der Waals surface area (Å²) in [5, 5.41) is 21.8. The van der Waals surface area contributed by atoms with Crippen LogP contribution in [-0.2, 0) is 4.79 Å². The average molecular weight is 220 g/mol. The molecule has 0 radical (unpaired) electrons. The highest BCUT2D eigenvalue weighted by Crippen LogP contribution is 2.24. The molecule has 0 aromatic heterocycles. The molecule has 0 heterocycles. The molecule has 1 aromatic carbocycles. The standard InChI is InChI=1S/C9H8N4O3/c10-4-6-1-2-7(12-5-9(11)14)8(3-6)13(15)16/h1-3,12H,5H2,(H2,11,14). The van der Waals surface area contributed by atoms with Gasteiger partial charge in [-0.2, -0.15) is 5.26 Å². The third kappa shape index (κ3) is 2.68. The zero-order valence-corrected chi connectivity index (χ0v) is 8.14. The fraction of sp³-hybridized carbons (Fsp3) is 0.111. The maximum Gasteiger partial charge on any atom is 0.293 e. The number of carbonyl (C=O) groups excluding carboxylic acids is 1. The van der Waals surface area contributed by atoms with E-state index < -0.39 is 10.8 Å². The van der Waals surface area contributed by atoms with Crippen LogP contribution in [0, 0.1) is 21.4 Å². The lowest BCUT2D eigenvalue weighted by molar-refractivity contribution is -0.384. The fourth-order valence-corrected chi connectivity index (χ4v) is 1.08. The minimum absolute atomic E-state index is 0.155. The Morgan fingerprint density at radius 2 is 2.31 bits per heavy atom. The first-order valence-corrected chi connectivity index (χ1v) is 4.25. The van der Waals surface area contributed by atoms with E-state index in [1.54, 1.807) is 6.07 Å². The Morgan fingerprint density at radius 3 is 2.81 bits per heavy atom. The molecule has 1 amide bonds. The van der Waals surface area contributed by atoms with Crippen LogP contribution in [0.4, 0.5) is 11.4 Å². The molecule has 0 spiro atoms. The van der Waals surface area contributed by atoms with Gasteiger partial charge >= 0.3 is 0 Å². The van der Waals surface area contributed by atoms with Gasteiger partial charge in [0.05, 0.1) is 23.1 Å². The summed E-state index contributed by atoms with van der Waals surface area (Å²) in [6.07, 6.45) is 0. The fourth-order valence-electron chi connectivity index (χ4n) is 1.08. The van der Waals surface area contributed by atoms with Gasteiger partial charge in [-0.3, -0.25) is 14.9 Å². The number of hydrogen-bond acceptors (Lipinski definition) is 5. The lowest BCUT2D eigenvalue weighted by atomic mass is 10.2. The van der Waals surface area contributed by atoms with Crippen LogP contribution in [0.3, 0.4) is 0 Å². The van der Waals surface area contributed by atoms with Gasteiger partial charge in [0.1, 0.15) is 5.69 Å². The number of nitrogens with two attached hydrogens (primary N) is 1. The average Bonchev–Trinajstić information content (AvgIpc) is 2.25. The monoisotopic (exact) mass is 220 g/mol. The van der Waals surface area contributed by atoms with Crippen LogP contribution >= 0.6 is 0 Å². The van der Waals surface area contributed by atoms with Gasteiger partial charge in [-0.25, -0.2) is 0 Å². The molecule has 7 heteroatoms. The molecule has 82 valence electrons. The number of nitrogens with one attached hydrogen (secondary N) is 1. The van der Waals surface area contributed by atoms with Crippen LogP contribution in [0.15, 0.2) is 18.2 Å². The number of benzene rings is 1. The molecule has 16 heavy (non-hydrogen) atoms. The highest BCUT2D eigenvalue weighted by atomic mass is 16.6. The third-order valence-corrected chi connectivity index (χ3v) is 1.78. The summed E-state index contributed by atoms with van der Waals surface area (Å²) in [5.74, 6) is -0.626. The Kier molecular flexibility index (Phi) is 3.40. The Balaban J connectivity index is 3.04. The number of carbonyl (C=O) groups is 1. The second kappa shape index (κ2) is 4.75. The van der Waals surface area contributed by atoms with E-state index in [9.17, 15) is 14.9 Å². The lowest BCUT2D eigenvalue weighted by Crippen LogP contribution is -2.22. The van der Waals surface area contributed by atoms with E-state index in [1.807, 2.05) is 0 Å². The Hall–Kier alpha value is -2.62. The van der Waals surface area contributed by atoms with Crippen molar-refractivity contribution in [2.75, 3.05) is 11.9 Å². The number of nitro benzene ring substituents is 1. The van der Waals surface area contributed by atoms with Gasteiger partial charge in [0.15, 0.2) is 0 Å². The molecule has 7 nitrogen and oxygen atoms in total. The molecule has 1 rings (SSSR count). The van der Waals surface area contributed by atoms with Crippen LogP contribution in [0.5, 0.6) is 0 Å². The van der Waals surface area contributed by atoms with Crippen molar-refractivity contribution in [1.82, 2.24) is 0 Å². The van der Waals surface area contributed by atoms with Crippen molar-refractivity contribution in [2.24, 2.45) is 5.73 Å². The van der Waals surface area contributed by atoms with Gasteiger partial charge in [-0.05, 0) is 12.1 Å². The molecular formula is C9H8N4O3. The number of rotatable bonds is 4. The number of nitriles is 1. The Labute approximate surface area is 90.6 Å². The SMILES string of the molecule is N#Cc1ccc(NCC(N)=O)c([N+](=O)[O-])c1. The number of amides is 1. The zero-order chi connectivity index (χ0) is 12.1. The minimum atomic E-state index is -0.635. The van der Waals surface area contributed by atoms with Crippen LogP contribution in [-0.4, -0.2) is 17.4 Å². The van der Waals surface area contributed by atoms with E-state index in [1.165, 1.54) is 12.1 Å². The normalized spacial score (nSPS) is 9.19. The summed E-state index contributed by atoms with van der Waals surface area (Å²) in [7, 11) is 0. The van der Waals surface area contributed by atoms with Crippen molar-refractivity contribution in [1.29, 1.82) is 5.26 Å². The number of anilines is 1.